The van der Waals surface area contributed by atoms with Gasteiger partial charge in [0.15, 0.2) is 0 Å². The fourth-order valence-electron chi connectivity index (χ4n) is 3.60. The number of rotatable bonds is 4. The molecule has 0 saturated carbocycles. The van der Waals surface area contributed by atoms with Gasteiger partial charge in [-0.15, -0.1) is 0 Å². The molecule has 0 radical (unpaired) electrons. The second kappa shape index (κ2) is 7.63. The van der Waals surface area contributed by atoms with Crippen molar-refractivity contribution >= 4 is 11.9 Å². The highest BCUT2D eigenvalue weighted by molar-refractivity contribution is 5.70. The van der Waals surface area contributed by atoms with Crippen LogP contribution in [0.3, 0.4) is 0 Å². The van der Waals surface area contributed by atoms with Crippen molar-refractivity contribution in [3.8, 4) is 0 Å². The second-order valence-electron chi connectivity index (χ2n) is 8.34. The van der Waals surface area contributed by atoms with Gasteiger partial charge in [-0.25, -0.2) is 9.78 Å². The highest BCUT2D eigenvalue weighted by Crippen LogP contribution is 2.38. The van der Waals surface area contributed by atoms with E-state index >= 15 is 0 Å². The Morgan fingerprint density at radius 3 is 2.48 bits per heavy atom. The molecule has 1 amide bonds. The van der Waals surface area contributed by atoms with Crippen LogP contribution < -0.4 is 4.90 Å². The van der Waals surface area contributed by atoms with Crippen molar-refractivity contribution in [2.24, 2.45) is 0 Å². The SMILES string of the molecule is CC(C)N(c1ncccc1C1CCCN1C(=O)OC(C)(C)C)C(C)C. The predicted molar refractivity (Wildman–Crippen MR) is 102 cm³/mol. The minimum atomic E-state index is -0.482. The smallest absolute Gasteiger partial charge is 0.410 e. The minimum absolute atomic E-state index is 0.0264. The zero-order valence-corrected chi connectivity index (χ0v) is 16.7. The molecular weight excluding hydrogens is 314 g/mol. The van der Waals surface area contributed by atoms with Crippen molar-refractivity contribution in [1.29, 1.82) is 0 Å². The van der Waals surface area contributed by atoms with Crippen molar-refractivity contribution in [3.63, 3.8) is 0 Å². The van der Waals surface area contributed by atoms with Crippen LogP contribution >= 0.6 is 0 Å². The van der Waals surface area contributed by atoms with Crippen LogP contribution in [0.15, 0.2) is 18.3 Å². The third kappa shape index (κ3) is 4.65. The minimum Gasteiger partial charge on any atom is -0.444 e. The number of aromatic nitrogens is 1. The third-order valence-corrected chi connectivity index (χ3v) is 4.41. The first kappa shape index (κ1) is 19.5. The topological polar surface area (TPSA) is 45.7 Å². The van der Waals surface area contributed by atoms with Gasteiger partial charge in [0.25, 0.3) is 0 Å². The predicted octanol–water partition coefficient (Wildman–Crippen LogP) is 4.78. The zero-order chi connectivity index (χ0) is 18.8. The second-order valence-corrected chi connectivity index (χ2v) is 8.34. The number of amides is 1. The third-order valence-electron chi connectivity index (χ3n) is 4.41. The Bertz CT molecular complexity index is 585. The summed E-state index contributed by atoms with van der Waals surface area (Å²) < 4.78 is 5.62. The van der Waals surface area contributed by atoms with Crippen molar-refractivity contribution in [1.82, 2.24) is 9.88 Å². The van der Waals surface area contributed by atoms with E-state index in [1.165, 1.54) is 0 Å². The van der Waals surface area contributed by atoms with Crippen LogP contribution in [0.4, 0.5) is 10.6 Å². The van der Waals surface area contributed by atoms with Gasteiger partial charge >= 0.3 is 6.09 Å². The summed E-state index contributed by atoms with van der Waals surface area (Å²) in [5, 5.41) is 0. The normalized spacial score (nSPS) is 18.1. The van der Waals surface area contributed by atoms with Crippen LogP contribution in [0, 0.1) is 0 Å². The van der Waals surface area contributed by atoms with Crippen molar-refractivity contribution in [2.75, 3.05) is 11.4 Å². The van der Waals surface area contributed by atoms with E-state index in [1.807, 2.05) is 37.9 Å². The molecule has 1 aromatic heterocycles. The lowest BCUT2D eigenvalue weighted by molar-refractivity contribution is 0.0224. The zero-order valence-electron chi connectivity index (χ0n) is 16.7. The first-order valence-corrected chi connectivity index (χ1v) is 9.34. The molecule has 1 aliphatic rings. The van der Waals surface area contributed by atoms with Crippen LogP contribution in [0.25, 0.3) is 0 Å². The van der Waals surface area contributed by atoms with Crippen LogP contribution in [-0.2, 0) is 4.74 Å². The molecule has 1 fully saturated rings. The molecule has 1 aromatic rings. The number of carbonyl (C=O) groups excluding carboxylic acids is 1. The largest absolute Gasteiger partial charge is 0.444 e. The van der Waals surface area contributed by atoms with Gasteiger partial charge in [0.05, 0.1) is 6.04 Å². The molecule has 0 bridgehead atoms. The quantitative estimate of drug-likeness (QED) is 0.786. The molecule has 0 aliphatic carbocycles. The number of hydrogen-bond acceptors (Lipinski definition) is 4. The Kier molecular flexibility index (Phi) is 5.96. The summed E-state index contributed by atoms with van der Waals surface area (Å²) in [5.74, 6) is 0.980. The van der Waals surface area contributed by atoms with E-state index in [2.05, 4.69) is 43.6 Å². The molecule has 1 saturated heterocycles. The molecule has 0 spiro atoms. The first-order chi connectivity index (χ1) is 11.6. The van der Waals surface area contributed by atoms with E-state index in [-0.39, 0.29) is 12.1 Å². The number of ether oxygens (including phenoxy) is 1. The van der Waals surface area contributed by atoms with E-state index in [0.29, 0.717) is 12.1 Å². The highest BCUT2D eigenvalue weighted by atomic mass is 16.6. The lowest BCUT2D eigenvalue weighted by Gasteiger charge is -2.36. The molecule has 5 nitrogen and oxygen atoms in total. The lowest BCUT2D eigenvalue weighted by atomic mass is 10.0. The van der Waals surface area contributed by atoms with E-state index in [1.54, 1.807) is 0 Å². The van der Waals surface area contributed by atoms with Gasteiger partial charge in [0, 0.05) is 30.4 Å². The number of nitrogens with zero attached hydrogens (tertiary/aromatic N) is 3. The molecule has 1 unspecified atom stereocenters. The van der Waals surface area contributed by atoms with Crippen molar-refractivity contribution < 1.29 is 9.53 Å². The molecule has 2 heterocycles. The maximum Gasteiger partial charge on any atom is 0.410 e. The average Bonchev–Trinajstić information content (AvgIpc) is 2.94. The Morgan fingerprint density at radius 1 is 1.28 bits per heavy atom. The summed E-state index contributed by atoms with van der Waals surface area (Å²) in [6.07, 6.45) is 3.54. The molecule has 2 rings (SSSR count). The van der Waals surface area contributed by atoms with Crippen LogP contribution in [0.1, 0.15) is 72.9 Å². The standard InChI is InChI=1S/C20H33N3O2/c1-14(2)23(15(3)4)18-16(10-8-12-21-18)17-11-9-13-22(17)19(24)25-20(5,6)7/h8,10,12,14-15,17H,9,11,13H2,1-7H3. The fraction of sp³-hybridized carbons (Fsp3) is 0.700. The maximum atomic E-state index is 12.7. The van der Waals surface area contributed by atoms with Crippen molar-refractivity contribution in [2.45, 2.75) is 85.0 Å². The van der Waals surface area contributed by atoms with Gasteiger partial charge in [-0.05, 0) is 67.4 Å². The fourth-order valence-corrected chi connectivity index (χ4v) is 3.60. The van der Waals surface area contributed by atoms with Gasteiger partial charge in [0.1, 0.15) is 11.4 Å². The van der Waals surface area contributed by atoms with E-state index in [0.717, 1.165) is 30.8 Å². The van der Waals surface area contributed by atoms with Crippen LogP contribution in [0.5, 0.6) is 0 Å². The average molecular weight is 348 g/mol. The lowest BCUT2D eigenvalue weighted by Crippen LogP contribution is -2.40. The van der Waals surface area contributed by atoms with Gasteiger partial charge in [0.2, 0.25) is 0 Å². The summed E-state index contributed by atoms with van der Waals surface area (Å²) >= 11 is 0. The van der Waals surface area contributed by atoms with E-state index in [4.69, 9.17) is 4.74 Å². The molecule has 5 heteroatoms. The number of pyridine rings is 1. The molecular formula is C20H33N3O2. The van der Waals surface area contributed by atoms with E-state index in [9.17, 15) is 4.79 Å². The summed E-state index contributed by atoms with van der Waals surface area (Å²) in [6, 6.07) is 4.77. The highest BCUT2D eigenvalue weighted by Gasteiger charge is 2.35. The van der Waals surface area contributed by atoms with Gasteiger partial charge in [-0.2, -0.15) is 0 Å². The monoisotopic (exact) mass is 347 g/mol. The molecule has 25 heavy (non-hydrogen) atoms. The number of hydrogen-bond donors (Lipinski definition) is 0. The Balaban J connectivity index is 2.36. The summed E-state index contributed by atoms with van der Waals surface area (Å²) in [5.41, 5.74) is 0.637. The maximum absolute atomic E-state index is 12.7. The summed E-state index contributed by atoms with van der Waals surface area (Å²) in [6.45, 7) is 15.2. The van der Waals surface area contributed by atoms with Crippen molar-refractivity contribution in [3.05, 3.63) is 23.9 Å². The number of anilines is 1. The molecule has 1 atom stereocenters. The Morgan fingerprint density at radius 2 is 1.92 bits per heavy atom. The van der Waals surface area contributed by atoms with Gasteiger partial charge < -0.3 is 14.5 Å². The number of likely N-dealkylation sites (tertiary alicyclic amines) is 1. The Hall–Kier alpha value is -1.78. The summed E-state index contributed by atoms with van der Waals surface area (Å²) in [7, 11) is 0. The molecule has 0 aromatic carbocycles. The molecule has 0 N–H and O–H groups in total. The van der Waals surface area contributed by atoms with Gasteiger partial charge in [-0.1, -0.05) is 6.07 Å². The van der Waals surface area contributed by atoms with Crippen LogP contribution in [0.2, 0.25) is 0 Å². The Labute approximate surface area is 152 Å². The number of carbonyl (C=O) groups is 1. The molecule has 140 valence electrons. The van der Waals surface area contributed by atoms with Gasteiger partial charge in [-0.3, -0.25) is 0 Å². The van der Waals surface area contributed by atoms with E-state index < -0.39 is 5.60 Å². The summed E-state index contributed by atoms with van der Waals surface area (Å²) in [4.78, 5) is 21.5. The first-order valence-electron chi connectivity index (χ1n) is 9.34. The van der Waals surface area contributed by atoms with Crippen LogP contribution in [-0.4, -0.2) is 40.2 Å². The molecule has 1 aliphatic heterocycles.